The van der Waals surface area contributed by atoms with E-state index in [0.29, 0.717) is 5.02 Å². The zero-order chi connectivity index (χ0) is 14.5. The van der Waals surface area contributed by atoms with E-state index >= 15 is 0 Å². The van der Waals surface area contributed by atoms with Crippen LogP contribution in [0.4, 0.5) is 0 Å². The molecule has 2 aromatic carbocycles. The predicted molar refractivity (Wildman–Crippen MR) is 92.4 cm³/mol. The molecular weight excluding hydrogens is 385 g/mol. The van der Waals surface area contributed by atoms with E-state index < -0.39 is 0 Å². The van der Waals surface area contributed by atoms with Gasteiger partial charge in [-0.2, -0.15) is 0 Å². The van der Waals surface area contributed by atoms with Crippen LogP contribution in [0.1, 0.15) is 12.5 Å². The Balaban J connectivity index is 1.94. The van der Waals surface area contributed by atoms with E-state index in [2.05, 4.69) is 46.9 Å². The van der Waals surface area contributed by atoms with Crippen molar-refractivity contribution < 1.29 is 4.74 Å². The third-order valence-corrected chi connectivity index (χ3v) is 4.06. The maximum atomic E-state index is 6.21. The molecule has 0 radical (unpaired) electrons. The van der Waals surface area contributed by atoms with Crippen LogP contribution in [0.15, 0.2) is 48.5 Å². The lowest BCUT2D eigenvalue weighted by Crippen LogP contribution is -2.38. The van der Waals surface area contributed by atoms with Crippen molar-refractivity contribution >= 4 is 34.2 Å². The maximum Gasteiger partial charge on any atom is 0.121 e. The van der Waals surface area contributed by atoms with E-state index in [1.165, 1.54) is 9.13 Å². The predicted octanol–water partition coefficient (Wildman–Crippen LogP) is 4.28. The highest BCUT2D eigenvalue weighted by Crippen LogP contribution is 2.19. The number of nitrogens with two attached hydrogens (primary N) is 1. The van der Waals surface area contributed by atoms with Crippen molar-refractivity contribution in [3.05, 3.63) is 62.7 Å². The van der Waals surface area contributed by atoms with Crippen molar-refractivity contribution in [2.24, 2.45) is 5.73 Å². The normalized spacial score (nSPS) is 13.8. The van der Waals surface area contributed by atoms with Crippen LogP contribution < -0.4 is 10.5 Å². The molecule has 0 aliphatic rings. The van der Waals surface area contributed by atoms with Crippen LogP contribution in [0, 0.1) is 3.57 Å². The van der Waals surface area contributed by atoms with E-state index in [-0.39, 0.29) is 12.1 Å². The molecule has 4 heteroatoms. The van der Waals surface area contributed by atoms with Crippen molar-refractivity contribution in [1.29, 1.82) is 0 Å². The molecule has 0 bridgehead atoms. The molecule has 2 N–H and O–H groups in total. The maximum absolute atomic E-state index is 6.21. The van der Waals surface area contributed by atoms with Crippen molar-refractivity contribution in [2.75, 3.05) is 0 Å². The Hall–Kier alpha value is -0.780. The van der Waals surface area contributed by atoms with Gasteiger partial charge in [0.25, 0.3) is 0 Å². The molecular formula is C16H17ClINO. The summed E-state index contributed by atoms with van der Waals surface area (Å²) in [5, 5.41) is 0.668. The van der Waals surface area contributed by atoms with Crippen LogP contribution in [0.5, 0.6) is 5.75 Å². The van der Waals surface area contributed by atoms with Crippen LogP contribution in [0.3, 0.4) is 0 Å². The fraction of sp³-hybridized carbons (Fsp3) is 0.250. The van der Waals surface area contributed by atoms with Gasteiger partial charge in [0, 0.05) is 14.6 Å². The summed E-state index contributed by atoms with van der Waals surface area (Å²) in [5.74, 6) is 0.753. The van der Waals surface area contributed by atoms with Crippen LogP contribution in [-0.4, -0.2) is 12.1 Å². The lowest BCUT2D eigenvalue weighted by molar-refractivity contribution is 0.189. The number of hydrogen-bond acceptors (Lipinski definition) is 2. The van der Waals surface area contributed by atoms with Gasteiger partial charge in [0.2, 0.25) is 0 Å². The van der Waals surface area contributed by atoms with Crippen LogP contribution in [-0.2, 0) is 6.42 Å². The highest BCUT2D eigenvalue weighted by atomic mass is 127. The van der Waals surface area contributed by atoms with Gasteiger partial charge in [-0.1, -0.05) is 29.8 Å². The number of hydrogen-bond donors (Lipinski definition) is 1. The molecule has 2 atom stereocenters. The van der Waals surface area contributed by atoms with E-state index in [1.54, 1.807) is 6.07 Å². The van der Waals surface area contributed by atoms with Crippen LogP contribution in [0.25, 0.3) is 0 Å². The second-order valence-electron chi connectivity index (χ2n) is 4.77. The highest BCUT2D eigenvalue weighted by Gasteiger charge is 2.15. The first-order valence-corrected chi connectivity index (χ1v) is 7.92. The summed E-state index contributed by atoms with van der Waals surface area (Å²) in [5.41, 5.74) is 7.44. The van der Waals surface area contributed by atoms with Gasteiger partial charge < -0.3 is 10.5 Å². The number of benzene rings is 2. The lowest BCUT2D eigenvalue weighted by atomic mass is 10.0. The summed E-state index contributed by atoms with van der Waals surface area (Å²) >= 11 is 8.23. The topological polar surface area (TPSA) is 35.2 Å². The molecule has 0 saturated heterocycles. The van der Waals surface area contributed by atoms with Crippen molar-refractivity contribution in [1.82, 2.24) is 0 Å². The summed E-state index contributed by atoms with van der Waals surface area (Å²) in [4.78, 5) is 0. The number of ether oxygens (including phenoxy) is 1. The first-order valence-electron chi connectivity index (χ1n) is 6.47. The van der Waals surface area contributed by atoms with Gasteiger partial charge in [0.1, 0.15) is 11.9 Å². The van der Waals surface area contributed by atoms with Crippen molar-refractivity contribution in [3.63, 3.8) is 0 Å². The molecule has 0 aliphatic heterocycles. The second-order valence-corrected chi connectivity index (χ2v) is 6.46. The largest absolute Gasteiger partial charge is 0.489 e. The Labute approximate surface area is 138 Å². The SMILES string of the molecule is CC(Oc1cccc(Cl)c1)C(N)Cc1ccc(I)cc1. The average Bonchev–Trinajstić information content (AvgIpc) is 2.41. The van der Waals surface area contributed by atoms with E-state index in [4.69, 9.17) is 22.1 Å². The molecule has 0 aliphatic carbocycles. The molecule has 2 aromatic rings. The van der Waals surface area contributed by atoms with Crippen LogP contribution in [0.2, 0.25) is 5.02 Å². The molecule has 0 saturated carbocycles. The van der Waals surface area contributed by atoms with Gasteiger partial charge in [-0.25, -0.2) is 0 Å². The molecule has 2 rings (SSSR count). The minimum Gasteiger partial charge on any atom is -0.489 e. The van der Waals surface area contributed by atoms with Gasteiger partial charge in [-0.3, -0.25) is 0 Å². The van der Waals surface area contributed by atoms with Gasteiger partial charge in [-0.05, 0) is 71.8 Å². The first-order chi connectivity index (χ1) is 9.54. The highest BCUT2D eigenvalue weighted by molar-refractivity contribution is 14.1. The summed E-state index contributed by atoms with van der Waals surface area (Å²) < 4.78 is 7.07. The van der Waals surface area contributed by atoms with Crippen molar-refractivity contribution in [2.45, 2.75) is 25.5 Å². The minimum atomic E-state index is -0.0762. The van der Waals surface area contributed by atoms with Gasteiger partial charge in [-0.15, -0.1) is 0 Å². The molecule has 2 unspecified atom stereocenters. The quantitative estimate of drug-likeness (QED) is 0.759. The molecule has 20 heavy (non-hydrogen) atoms. The Bertz CT molecular complexity index is 559. The Morgan fingerprint density at radius 2 is 1.90 bits per heavy atom. The number of halogens is 2. The first kappa shape index (κ1) is 15.6. The molecule has 0 fully saturated rings. The van der Waals surface area contributed by atoms with Crippen LogP contribution >= 0.6 is 34.2 Å². The van der Waals surface area contributed by atoms with E-state index in [0.717, 1.165) is 12.2 Å². The molecule has 0 aromatic heterocycles. The number of rotatable bonds is 5. The Kier molecular flexibility index (Phi) is 5.69. The molecule has 106 valence electrons. The zero-order valence-electron chi connectivity index (χ0n) is 11.2. The van der Waals surface area contributed by atoms with E-state index in [1.807, 2.05) is 25.1 Å². The standard InChI is InChI=1S/C16H17ClINO/c1-11(20-15-4-2-3-13(17)10-15)16(19)9-12-5-7-14(18)8-6-12/h2-8,10-11,16H,9,19H2,1H3. The fourth-order valence-electron chi connectivity index (χ4n) is 1.90. The summed E-state index contributed by atoms with van der Waals surface area (Å²) in [6, 6.07) is 15.7. The third kappa shape index (κ3) is 4.65. The monoisotopic (exact) mass is 401 g/mol. The van der Waals surface area contributed by atoms with Gasteiger partial charge >= 0.3 is 0 Å². The van der Waals surface area contributed by atoms with Crippen molar-refractivity contribution in [3.8, 4) is 5.75 Å². The molecule has 0 spiro atoms. The Morgan fingerprint density at radius 3 is 2.55 bits per heavy atom. The van der Waals surface area contributed by atoms with E-state index in [9.17, 15) is 0 Å². The third-order valence-electron chi connectivity index (χ3n) is 3.11. The average molecular weight is 402 g/mol. The smallest absolute Gasteiger partial charge is 0.121 e. The molecule has 2 nitrogen and oxygen atoms in total. The Morgan fingerprint density at radius 1 is 1.20 bits per heavy atom. The molecule has 0 heterocycles. The minimum absolute atomic E-state index is 0.0611. The fourth-order valence-corrected chi connectivity index (χ4v) is 2.44. The summed E-state index contributed by atoms with van der Waals surface area (Å²) in [6.07, 6.45) is 0.714. The second kappa shape index (κ2) is 7.29. The lowest BCUT2D eigenvalue weighted by Gasteiger charge is -2.21. The molecule has 0 amide bonds. The summed E-state index contributed by atoms with van der Waals surface area (Å²) in [7, 11) is 0. The van der Waals surface area contributed by atoms with Gasteiger partial charge in [0.15, 0.2) is 0 Å². The van der Waals surface area contributed by atoms with Gasteiger partial charge in [0.05, 0.1) is 0 Å². The summed E-state index contributed by atoms with van der Waals surface area (Å²) in [6.45, 7) is 1.98. The zero-order valence-corrected chi connectivity index (χ0v) is 14.1.